The minimum atomic E-state index is 0.306. The predicted molar refractivity (Wildman–Crippen MR) is 41.3 cm³/mol. The molecule has 3 rings (SSSR count). The van der Waals surface area contributed by atoms with Crippen LogP contribution in [0, 0.1) is 0 Å². The first-order valence-electron chi connectivity index (χ1n) is 3.71. The van der Waals surface area contributed by atoms with Gasteiger partial charge in [0.2, 0.25) is 0 Å². The van der Waals surface area contributed by atoms with E-state index < -0.39 is 0 Å². The number of aromatic hydroxyl groups is 1. The van der Waals surface area contributed by atoms with Crippen LogP contribution in [0.25, 0.3) is 11.1 Å². The summed E-state index contributed by atoms with van der Waals surface area (Å²) in [5.74, 6) is 0.822. The zero-order valence-corrected chi connectivity index (χ0v) is 6.20. The summed E-state index contributed by atoms with van der Waals surface area (Å²) < 4.78 is 10.4. The Hall–Kier alpha value is -1.64. The van der Waals surface area contributed by atoms with Crippen LogP contribution in [0.2, 0.25) is 0 Å². The van der Waals surface area contributed by atoms with Crippen LogP contribution in [-0.2, 0) is 6.61 Å². The second-order valence-electron chi connectivity index (χ2n) is 2.84. The summed E-state index contributed by atoms with van der Waals surface area (Å²) in [5, 5.41) is 9.45. The molecule has 3 aliphatic rings. The molecule has 0 unspecified atom stereocenters. The number of rotatable bonds is 0. The fourth-order valence-corrected chi connectivity index (χ4v) is 1.61. The van der Waals surface area contributed by atoms with Crippen molar-refractivity contribution in [3.05, 3.63) is 24.0 Å². The molecule has 2 aliphatic heterocycles. The van der Waals surface area contributed by atoms with Crippen molar-refractivity contribution in [1.82, 2.24) is 0 Å². The van der Waals surface area contributed by atoms with E-state index in [2.05, 4.69) is 0 Å². The van der Waals surface area contributed by atoms with Gasteiger partial charge in [0.1, 0.15) is 12.4 Å². The van der Waals surface area contributed by atoms with E-state index in [1.54, 1.807) is 12.1 Å². The summed E-state index contributed by atoms with van der Waals surface area (Å²) in [4.78, 5) is 0. The SMILES string of the molecule is Oc1cc2c3c(occc1-3)OC2. The Morgan fingerprint density at radius 2 is 2.33 bits per heavy atom. The Kier molecular flexibility index (Phi) is 0.864. The first-order chi connectivity index (χ1) is 5.86. The maximum absolute atomic E-state index is 9.45. The minimum absolute atomic E-state index is 0.306. The lowest BCUT2D eigenvalue weighted by molar-refractivity contribution is 0.245. The molecule has 0 radical (unpaired) electrons. The first kappa shape index (κ1) is 5.94. The third-order valence-electron chi connectivity index (χ3n) is 2.15. The van der Waals surface area contributed by atoms with Gasteiger partial charge in [-0.3, -0.25) is 0 Å². The lowest BCUT2D eigenvalue weighted by atomic mass is 10.1. The van der Waals surface area contributed by atoms with E-state index in [0.717, 1.165) is 16.7 Å². The Labute approximate surface area is 68.5 Å². The highest BCUT2D eigenvalue weighted by molar-refractivity contribution is 5.81. The van der Waals surface area contributed by atoms with Gasteiger partial charge in [0, 0.05) is 11.1 Å². The second kappa shape index (κ2) is 1.75. The van der Waals surface area contributed by atoms with Crippen LogP contribution < -0.4 is 4.74 Å². The van der Waals surface area contributed by atoms with Gasteiger partial charge in [-0.05, 0) is 12.1 Å². The molecular weight excluding hydrogens is 156 g/mol. The average Bonchev–Trinajstić information content (AvgIpc) is 2.61. The van der Waals surface area contributed by atoms with Crippen molar-refractivity contribution in [3.8, 4) is 22.8 Å². The smallest absolute Gasteiger partial charge is 0.293 e. The van der Waals surface area contributed by atoms with Crippen molar-refractivity contribution >= 4 is 0 Å². The highest BCUT2D eigenvalue weighted by Crippen LogP contribution is 2.46. The van der Waals surface area contributed by atoms with E-state index in [9.17, 15) is 5.11 Å². The van der Waals surface area contributed by atoms with E-state index in [4.69, 9.17) is 9.15 Å². The van der Waals surface area contributed by atoms with Gasteiger partial charge in [0.25, 0.3) is 5.95 Å². The molecule has 0 bridgehead atoms. The number of hydrogen-bond acceptors (Lipinski definition) is 3. The predicted octanol–water partition coefficient (Wildman–Crippen LogP) is 1.98. The van der Waals surface area contributed by atoms with Crippen molar-refractivity contribution in [3.63, 3.8) is 0 Å². The molecular formula is C9H6O3. The van der Waals surface area contributed by atoms with Crippen LogP contribution >= 0.6 is 0 Å². The highest BCUT2D eigenvalue weighted by atomic mass is 16.6. The van der Waals surface area contributed by atoms with Gasteiger partial charge in [-0.15, -0.1) is 0 Å². The van der Waals surface area contributed by atoms with Crippen LogP contribution in [-0.4, -0.2) is 5.11 Å². The van der Waals surface area contributed by atoms with Crippen molar-refractivity contribution < 1.29 is 14.3 Å². The molecule has 12 heavy (non-hydrogen) atoms. The lowest BCUT2D eigenvalue weighted by Gasteiger charge is -2.00. The van der Waals surface area contributed by atoms with Crippen LogP contribution in [0.15, 0.2) is 22.8 Å². The standard InChI is InChI=1S/C9H6O3/c10-7-3-5-4-12-9-8(5)6(7)1-2-11-9/h1-3,10H,4H2. The van der Waals surface area contributed by atoms with E-state index in [0.29, 0.717) is 18.3 Å². The number of hydrogen-bond donors (Lipinski definition) is 1. The van der Waals surface area contributed by atoms with Gasteiger partial charge in [0.15, 0.2) is 0 Å². The van der Waals surface area contributed by atoms with Crippen molar-refractivity contribution in [1.29, 1.82) is 0 Å². The summed E-state index contributed by atoms with van der Waals surface area (Å²) in [6.45, 7) is 0.500. The topological polar surface area (TPSA) is 42.6 Å². The van der Waals surface area contributed by atoms with Gasteiger partial charge < -0.3 is 14.3 Å². The van der Waals surface area contributed by atoms with Gasteiger partial charge in [0.05, 0.1) is 11.8 Å². The Balaban J connectivity index is 2.47. The summed E-state index contributed by atoms with van der Waals surface area (Å²) in [6, 6.07) is 3.46. The normalized spacial score (nSPS) is 13.7. The Morgan fingerprint density at radius 3 is 3.25 bits per heavy atom. The van der Waals surface area contributed by atoms with Gasteiger partial charge >= 0.3 is 0 Å². The molecule has 0 saturated heterocycles. The molecule has 1 aliphatic carbocycles. The quantitative estimate of drug-likeness (QED) is 0.644. The van der Waals surface area contributed by atoms with E-state index in [1.165, 1.54) is 6.26 Å². The van der Waals surface area contributed by atoms with Gasteiger partial charge in [-0.1, -0.05) is 0 Å². The molecule has 0 aromatic rings. The molecule has 1 N–H and O–H groups in total. The molecule has 3 heteroatoms. The molecule has 60 valence electrons. The summed E-state index contributed by atoms with van der Waals surface area (Å²) in [6.07, 6.45) is 1.52. The molecule has 0 aromatic heterocycles. The minimum Gasteiger partial charge on any atom is -0.507 e. The summed E-state index contributed by atoms with van der Waals surface area (Å²) >= 11 is 0. The van der Waals surface area contributed by atoms with Gasteiger partial charge in [-0.2, -0.15) is 0 Å². The van der Waals surface area contributed by atoms with Gasteiger partial charge in [-0.25, -0.2) is 0 Å². The third kappa shape index (κ3) is 0.525. The highest BCUT2D eigenvalue weighted by Gasteiger charge is 2.27. The Bertz CT molecular complexity index is 416. The van der Waals surface area contributed by atoms with Crippen LogP contribution in [0.3, 0.4) is 0 Å². The zero-order chi connectivity index (χ0) is 8.13. The largest absolute Gasteiger partial charge is 0.507 e. The molecule has 0 spiro atoms. The van der Waals surface area contributed by atoms with Crippen molar-refractivity contribution in [2.45, 2.75) is 6.61 Å². The average molecular weight is 162 g/mol. The number of ether oxygens (including phenoxy) is 1. The van der Waals surface area contributed by atoms with Crippen molar-refractivity contribution in [2.75, 3.05) is 0 Å². The summed E-state index contributed by atoms with van der Waals surface area (Å²) in [5.41, 5.74) is 2.72. The first-order valence-corrected chi connectivity index (χ1v) is 3.71. The molecule has 3 nitrogen and oxygen atoms in total. The van der Waals surface area contributed by atoms with E-state index in [1.807, 2.05) is 0 Å². The van der Waals surface area contributed by atoms with Crippen LogP contribution in [0.5, 0.6) is 11.7 Å². The summed E-state index contributed by atoms with van der Waals surface area (Å²) in [7, 11) is 0. The second-order valence-corrected chi connectivity index (χ2v) is 2.84. The molecule has 0 atom stereocenters. The van der Waals surface area contributed by atoms with Crippen LogP contribution in [0.4, 0.5) is 0 Å². The monoisotopic (exact) mass is 162 g/mol. The Morgan fingerprint density at radius 1 is 1.42 bits per heavy atom. The molecule has 0 aromatic carbocycles. The fraction of sp³-hybridized carbons (Fsp3) is 0.111. The fourth-order valence-electron chi connectivity index (χ4n) is 1.61. The van der Waals surface area contributed by atoms with Crippen molar-refractivity contribution in [2.24, 2.45) is 0 Å². The third-order valence-corrected chi connectivity index (χ3v) is 2.15. The van der Waals surface area contributed by atoms with E-state index in [-0.39, 0.29) is 0 Å². The molecule has 0 saturated carbocycles. The van der Waals surface area contributed by atoms with E-state index >= 15 is 0 Å². The zero-order valence-electron chi connectivity index (χ0n) is 6.20. The molecule has 0 amide bonds. The molecule has 2 heterocycles. The lowest BCUT2D eigenvalue weighted by Crippen LogP contribution is -1.84. The molecule has 0 fully saturated rings. The maximum atomic E-state index is 9.45. The van der Waals surface area contributed by atoms with Crippen LogP contribution in [0.1, 0.15) is 5.56 Å². The maximum Gasteiger partial charge on any atom is 0.293 e.